The number of likely N-dealkylation sites (tertiary alicyclic amines) is 3. The van der Waals surface area contributed by atoms with Crippen molar-refractivity contribution < 1.29 is 10.2 Å². The monoisotopic (exact) mass is 423 g/mol. The molecule has 0 aliphatic carbocycles. The SMILES string of the molecule is CN1CCC(CCO)C(C2CN(C)C(CC(C)(C)N3CCCCC3)CC2CCO)C1. The van der Waals surface area contributed by atoms with Gasteiger partial charge in [-0.2, -0.15) is 0 Å². The topological polar surface area (TPSA) is 50.2 Å². The van der Waals surface area contributed by atoms with E-state index in [2.05, 4.69) is 42.6 Å². The van der Waals surface area contributed by atoms with Gasteiger partial charge in [-0.25, -0.2) is 0 Å². The highest BCUT2D eigenvalue weighted by atomic mass is 16.3. The fourth-order valence-corrected chi connectivity index (χ4v) is 6.97. The number of piperidine rings is 3. The molecule has 5 nitrogen and oxygen atoms in total. The van der Waals surface area contributed by atoms with Crippen molar-refractivity contribution in [2.24, 2.45) is 23.7 Å². The lowest BCUT2D eigenvalue weighted by Gasteiger charge is -2.52. The number of hydrogen-bond donors (Lipinski definition) is 2. The van der Waals surface area contributed by atoms with Crippen molar-refractivity contribution in [2.45, 2.75) is 76.8 Å². The predicted octanol–water partition coefficient (Wildman–Crippen LogP) is 2.91. The van der Waals surface area contributed by atoms with Crippen LogP contribution in [0.15, 0.2) is 0 Å². The zero-order chi connectivity index (χ0) is 21.7. The third-order valence-corrected chi connectivity index (χ3v) is 8.81. The molecule has 3 heterocycles. The average molecular weight is 424 g/mol. The van der Waals surface area contributed by atoms with Crippen LogP contribution in [0.1, 0.15) is 65.2 Å². The van der Waals surface area contributed by atoms with Crippen molar-refractivity contribution in [3.8, 4) is 0 Å². The minimum Gasteiger partial charge on any atom is -0.396 e. The van der Waals surface area contributed by atoms with Crippen LogP contribution in [0.25, 0.3) is 0 Å². The summed E-state index contributed by atoms with van der Waals surface area (Å²) < 4.78 is 0. The van der Waals surface area contributed by atoms with Gasteiger partial charge in [0.05, 0.1) is 0 Å². The maximum atomic E-state index is 9.87. The van der Waals surface area contributed by atoms with Crippen LogP contribution in [0, 0.1) is 23.7 Å². The van der Waals surface area contributed by atoms with E-state index in [1.54, 1.807) is 0 Å². The van der Waals surface area contributed by atoms with Crippen molar-refractivity contribution >= 4 is 0 Å². The molecule has 0 aromatic heterocycles. The molecule has 0 saturated carbocycles. The van der Waals surface area contributed by atoms with Gasteiger partial charge < -0.3 is 20.0 Å². The Morgan fingerprint density at radius 1 is 0.833 bits per heavy atom. The Hall–Kier alpha value is -0.200. The molecular weight excluding hydrogens is 374 g/mol. The number of aliphatic hydroxyl groups excluding tert-OH is 2. The first-order valence-corrected chi connectivity index (χ1v) is 12.7. The summed E-state index contributed by atoms with van der Waals surface area (Å²) in [7, 11) is 4.59. The van der Waals surface area contributed by atoms with E-state index in [-0.39, 0.29) is 5.54 Å². The van der Waals surface area contributed by atoms with E-state index < -0.39 is 0 Å². The quantitative estimate of drug-likeness (QED) is 0.629. The van der Waals surface area contributed by atoms with E-state index in [1.807, 2.05) is 0 Å². The molecule has 0 spiro atoms. The van der Waals surface area contributed by atoms with Crippen molar-refractivity contribution in [3.05, 3.63) is 0 Å². The summed E-state index contributed by atoms with van der Waals surface area (Å²) in [6, 6.07) is 0.604. The van der Waals surface area contributed by atoms with Crippen LogP contribution in [0.5, 0.6) is 0 Å². The summed E-state index contributed by atoms with van der Waals surface area (Å²) in [6.45, 7) is 11.5. The molecule has 176 valence electrons. The van der Waals surface area contributed by atoms with Crippen LogP contribution in [0.2, 0.25) is 0 Å². The largest absolute Gasteiger partial charge is 0.396 e. The van der Waals surface area contributed by atoms with Gasteiger partial charge in [0.1, 0.15) is 0 Å². The van der Waals surface area contributed by atoms with Gasteiger partial charge in [-0.1, -0.05) is 6.42 Å². The van der Waals surface area contributed by atoms with Gasteiger partial charge in [0.25, 0.3) is 0 Å². The molecule has 5 atom stereocenters. The van der Waals surface area contributed by atoms with E-state index in [4.69, 9.17) is 0 Å². The maximum Gasteiger partial charge on any atom is 0.0433 e. The van der Waals surface area contributed by atoms with Gasteiger partial charge in [-0.3, -0.25) is 4.90 Å². The molecule has 3 saturated heterocycles. The minimum absolute atomic E-state index is 0.250. The second kappa shape index (κ2) is 11.1. The lowest BCUT2D eigenvalue weighted by molar-refractivity contribution is -0.0290. The number of nitrogens with zero attached hydrogens (tertiary/aromatic N) is 3. The Kier molecular flexibility index (Phi) is 9.04. The lowest BCUT2D eigenvalue weighted by Crippen LogP contribution is -2.56. The van der Waals surface area contributed by atoms with Crippen molar-refractivity contribution in [1.29, 1.82) is 0 Å². The lowest BCUT2D eigenvalue weighted by atomic mass is 9.66. The Morgan fingerprint density at radius 2 is 1.47 bits per heavy atom. The predicted molar refractivity (Wildman–Crippen MR) is 125 cm³/mol. The molecule has 0 amide bonds. The number of rotatable bonds is 8. The van der Waals surface area contributed by atoms with Crippen LogP contribution in [-0.2, 0) is 0 Å². The van der Waals surface area contributed by atoms with Crippen LogP contribution in [0.3, 0.4) is 0 Å². The minimum atomic E-state index is 0.250. The summed E-state index contributed by atoms with van der Waals surface area (Å²) in [6.07, 6.45) is 9.61. The van der Waals surface area contributed by atoms with Crippen LogP contribution in [0.4, 0.5) is 0 Å². The summed E-state index contributed by atoms with van der Waals surface area (Å²) >= 11 is 0. The molecule has 0 radical (unpaired) electrons. The number of hydrogen-bond acceptors (Lipinski definition) is 5. The van der Waals surface area contributed by atoms with Crippen molar-refractivity contribution in [3.63, 3.8) is 0 Å². The Morgan fingerprint density at radius 3 is 2.13 bits per heavy atom. The highest BCUT2D eigenvalue weighted by molar-refractivity contribution is 4.97. The summed E-state index contributed by atoms with van der Waals surface area (Å²) in [5.41, 5.74) is 0.250. The highest BCUT2D eigenvalue weighted by Gasteiger charge is 2.43. The molecule has 3 rings (SSSR count). The van der Waals surface area contributed by atoms with E-state index in [0.29, 0.717) is 42.9 Å². The molecule has 30 heavy (non-hydrogen) atoms. The smallest absolute Gasteiger partial charge is 0.0433 e. The molecular formula is C25H49N3O2. The Labute approximate surface area is 185 Å². The summed E-state index contributed by atoms with van der Waals surface area (Å²) in [4.78, 5) is 7.86. The molecule has 3 aliphatic rings. The van der Waals surface area contributed by atoms with E-state index in [0.717, 1.165) is 32.5 Å². The van der Waals surface area contributed by atoms with E-state index >= 15 is 0 Å². The fraction of sp³-hybridized carbons (Fsp3) is 1.00. The normalized spacial score (nSPS) is 35.6. The van der Waals surface area contributed by atoms with Gasteiger partial charge in [0.2, 0.25) is 0 Å². The zero-order valence-corrected chi connectivity index (χ0v) is 20.2. The first-order valence-electron chi connectivity index (χ1n) is 12.7. The fourth-order valence-electron chi connectivity index (χ4n) is 6.97. The second-order valence-corrected chi connectivity index (χ2v) is 11.3. The molecule has 0 aromatic carbocycles. The standard InChI is InChI=1S/C25H49N3O2/c1-25(2,28-11-6-5-7-12-28)17-22-16-21(10-15-30)24(19-27(22)4)23-18-26(3)13-8-20(23)9-14-29/h20-24,29-30H,5-19H2,1-4H3. The van der Waals surface area contributed by atoms with Crippen LogP contribution in [-0.4, -0.2) is 96.5 Å². The van der Waals surface area contributed by atoms with Gasteiger partial charge >= 0.3 is 0 Å². The molecule has 3 fully saturated rings. The molecule has 2 N–H and O–H groups in total. The van der Waals surface area contributed by atoms with E-state index in [9.17, 15) is 10.2 Å². The highest BCUT2D eigenvalue weighted by Crippen LogP contribution is 2.43. The van der Waals surface area contributed by atoms with Gasteiger partial charge in [-0.05, 0) is 116 Å². The van der Waals surface area contributed by atoms with Gasteiger partial charge in [0, 0.05) is 37.9 Å². The molecule has 0 bridgehead atoms. The third-order valence-electron chi connectivity index (χ3n) is 8.81. The van der Waals surface area contributed by atoms with Crippen molar-refractivity contribution in [1.82, 2.24) is 14.7 Å². The third kappa shape index (κ3) is 5.98. The second-order valence-electron chi connectivity index (χ2n) is 11.3. The summed E-state index contributed by atoms with van der Waals surface area (Å²) in [5, 5.41) is 19.5. The Bertz CT molecular complexity index is 509. The first-order chi connectivity index (χ1) is 14.4. The molecule has 0 aromatic rings. The first kappa shape index (κ1) is 24.4. The van der Waals surface area contributed by atoms with Gasteiger partial charge in [0.15, 0.2) is 0 Å². The molecule has 3 aliphatic heterocycles. The molecule has 5 unspecified atom stereocenters. The Balaban J connectivity index is 1.70. The molecule has 5 heteroatoms. The number of aliphatic hydroxyl groups is 2. The van der Waals surface area contributed by atoms with Gasteiger partial charge in [-0.15, -0.1) is 0 Å². The van der Waals surface area contributed by atoms with Crippen LogP contribution < -0.4 is 0 Å². The van der Waals surface area contributed by atoms with Crippen LogP contribution >= 0.6 is 0 Å². The van der Waals surface area contributed by atoms with Crippen molar-refractivity contribution in [2.75, 3.05) is 60.0 Å². The average Bonchev–Trinajstić information content (AvgIpc) is 2.72. The zero-order valence-electron chi connectivity index (χ0n) is 20.2. The summed E-state index contributed by atoms with van der Waals surface area (Å²) in [5.74, 6) is 2.51. The van der Waals surface area contributed by atoms with E-state index in [1.165, 1.54) is 51.6 Å². The maximum absolute atomic E-state index is 9.87.